The van der Waals surface area contributed by atoms with Gasteiger partial charge in [0, 0.05) is 5.69 Å². The van der Waals surface area contributed by atoms with Gasteiger partial charge in [0.2, 0.25) is 11.9 Å². The molecule has 2 aromatic heterocycles. The van der Waals surface area contributed by atoms with Crippen molar-refractivity contribution >= 4 is 17.6 Å². The maximum Gasteiger partial charge on any atom is 0.258 e. The molecule has 0 fully saturated rings. The molecule has 0 bridgehead atoms. The number of aryl methyl sites for hydroxylation is 1. The van der Waals surface area contributed by atoms with Gasteiger partial charge < -0.3 is 11.1 Å². The van der Waals surface area contributed by atoms with Gasteiger partial charge in [0.1, 0.15) is 12.7 Å². The van der Waals surface area contributed by atoms with Gasteiger partial charge in [-0.2, -0.15) is 24.7 Å². The van der Waals surface area contributed by atoms with Crippen molar-refractivity contribution in [1.82, 2.24) is 29.7 Å². The first-order valence-corrected chi connectivity index (χ1v) is 6.47. The van der Waals surface area contributed by atoms with Crippen LogP contribution in [0.1, 0.15) is 12.5 Å². The van der Waals surface area contributed by atoms with Crippen LogP contribution in [0.15, 0.2) is 36.9 Å². The van der Waals surface area contributed by atoms with Crippen molar-refractivity contribution < 1.29 is 0 Å². The highest BCUT2D eigenvalue weighted by Crippen LogP contribution is 2.19. The summed E-state index contributed by atoms with van der Waals surface area (Å²) in [5.41, 5.74) is 7.83. The third-order valence-corrected chi connectivity index (χ3v) is 2.91. The Morgan fingerprint density at radius 2 is 2.05 bits per heavy atom. The van der Waals surface area contributed by atoms with E-state index in [9.17, 15) is 0 Å². The lowest BCUT2D eigenvalue weighted by Crippen LogP contribution is -2.10. The van der Waals surface area contributed by atoms with Crippen molar-refractivity contribution in [2.24, 2.45) is 0 Å². The van der Waals surface area contributed by atoms with E-state index in [4.69, 9.17) is 5.73 Å². The van der Waals surface area contributed by atoms with E-state index in [1.165, 1.54) is 22.9 Å². The van der Waals surface area contributed by atoms with Crippen LogP contribution in [0.25, 0.3) is 5.95 Å². The first kappa shape index (κ1) is 13.0. The smallest absolute Gasteiger partial charge is 0.258 e. The molecule has 8 nitrogen and oxygen atoms in total. The lowest BCUT2D eigenvalue weighted by molar-refractivity contribution is 0.800. The highest BCUT2D eigenvalue weighted by atomic mass is 15.4. The average Bonchev–Trinajstić information content (AvgIpc) is 3.01. The lowest BCUT2D eigenvalue weighted by atomic mass is 10.1. The predicted molar refractivity (Wildman–Crippen MR) is 78.3 cm³/mol. The predicted octanol–water partition coefficient (Wildman–Crippen LogP) is 1.34. The Bertz CT molecular complexity index is 738. The summed E-state index contributed by atoms with van der Waals surface area (Å²) in [6.07, 6.45) is 3.80. The van der Waals surface area contributed by atoms with E-state index in [2.05, 4.69) is 37.3 Å². The Labute approximate surface area is 121 Å². The van der Waals surface area contributed by atoms with Crippen LogP contribution in [0, 0.1) is 0 Å². The van der Waals surface area contributed by atoms with E-state index in [0.717, 1.165) is 12.1 Å². The summed E-state index contributed by atoms with van der Waals surface area (Å²) < 4.78 is 1.43. The highest BCUT2D eigenvalue weighted by Gasteiger charge is 2.08. The lowest BCUT2D eigenvalue weighted by Gasteiger charge is -2.10. The van der Waals surface area contributed by atoms with Crippen molar-refractivity contribution in [3.8, 4) is 5.95 Å². The molecule has 3 rings (SSSR count). The monoisotopic (exact) mass is 282 g/mol. The number of nitrogens with zero attached hydrogens (tertiary/aromatic N) is 6. The summed E-state index contributed by atoms with van der Waals surface area (Å²) in [6, 6.07) is 7.95. The molecule has 0 aliphatic rings. The minimum absolute atomic E-state index is 0.118. The van der Waals surface area contributed by atoms with E-state index in [-0.39, 0.29) is 5.95 Å². The molecule has 8 heteroatoms. The van der Waals surface area contributed by atoms with Gasteiger partial charge in [-0.25, -0.2) is 4.98 Å². The minimum Gasteiger partial charge on any atom is -0.368 e. The van der Waals surface area contributed by atoms with Crippen LogP contribution in [0.2, 0.25) is 0 Å². The van der Waals surface area contributed by atoms with Crippen LogP contribution in [-0.2, 0) is 6.42 Å². The third-order valence-electron chi connectivity index (χ3n) is 2.91. The molecule has 2 heterocycles. The Morgan fingerprint density at radius 1 is 1.19 bits per heavy atom. The van der Waals surface area contributed by atoms with E-state index < -0.39 is 0 Å². The zero-order chi connectivity index (χ0) is 14.7. The number of hydrogen-bond donors (Lipinski definition) is 2. The van der Waals surface area contributed by atoms with Gasteiger partial charge in [0.05, 0.1) is 0 Å². The normalized spacial score (nSPS) is 10.5. The maximum atomic E-state index is 5.73. The van der Waals surface area contributed by atoms with Crippen molar-refractivity contribution in [1.29, 1.82) is 0 Å². The largest absolute Gasteiger partial charge is 0.368 e. The number of nitrogens with two attached hydrogens (primary N) is 1. The quantitative estimate of drug-likeness (QED) is 0.743. The summed E-state index contributed by atoms with van der Waals surface area (Å²) in [6.45, 7) is 2.09. The van der Waals surface area contributed by atoms with E-state index in [1.54, 1.807) is 0 Å². The molecule has 21 heavy (non-hydrogen) atoms. The minimum atomic E-state index is 0.118. The molecule has 3 N–H and O–H groups in total. The molecule has 0 aliphatic carbocycles. The molecule has 0 amide bonds. The van der Waals surface area contributed by atoms with Crippen LogP contribution >= 0.6 is 0 Å². The van der Waals surface area contributed by atoms with Gasteiger partial charge in [-0.05, 0) is 18.1 Å². The number of aromatic nitrogens is 6. The van der Waals surface area contributed by atoms with Crippen LogP contribution in [0.5, 0.6) is 0 Å². The molecule has 3 aromatic rings. The molecular formula is C13H14N8. The van der Waals surface area contributed by atoms with E-state index in [0.29, 0.717) is 11.9 Å². The summed E-state index contributed by atoms with van der Waals surface area (Å²) in [4.78, 5) is 16.3. The highest BCUT2D eigenvalue weighted by molar-refractivity contribution is 5.59. The molecule has 0 radical (unpaired) electrons. The fourth-order valence-electron chi connectivity index (χ4n) is 1.92. The van der Waals surface area contributed by atoms with E-state index >= 15 is 0 Å². The molecule has 0 saturated heterocycles. The second kappa shape index (κ2) is 5.53. The fourth-order valence-corrected chi connectivity index (χ4v) is 1.92. The molecule has 0 unspecified atom stereocenters. The topological polar surface area (TPSA) is 107 Å². The Hall–Kier alpha value is -3.03. The second-order valence-corrected chi connectivity index (χ2v) is 4.29. The third kappa shape index (κ3) is 2.78. The van der Waals surface area contributed by atoms with Gasteiger partial charge in [-0.15, -0.1) is 0 Å². The first-order chi connectivity index (χ1) is 10.3. The van der Waals surface area contributed by atoms with Crippen molar-refractivity contribution in [3.05, 3.63) is 42.5 Å². The Balaban J connectivity index is 1.96. The standard InChI is InChI=1S/C13H14N8/c1-2-9-5-3-4-6-10(9)17-12-18-11(14)19-13(20-12)21-8-15-7-16-21/h3-8H,2H2,1H3,(H3,14,17,18,19,20). The second-order valence-electron chi connectivity index (χ2n) is 4.29. The number of nitrogens with one attached hydrogen (secondary N) is 1. The number of para-hydroxylation sites is 1. The molecule has 0 atom stereocenters. The zero-order valence-electron chi connectivity index (χ0n) is 11.4. The molecule has 106 valence electrons. The van der Waals surface area contributed by atoms with Crippen LogP contribution < -0.4 is 11.1 Å². The van der Waals surface area contributed by atoms with Gasteiger partial charge in [0.25, 0.3) is 5.95 Å². The summed E-state index contributed by atoms with van der Waals surface area (Å²) in [5.74, 6) is 0.803. The molecular weight excluding hydrogens is 268 g/mol. The van der Waals surface area contributed by atoms with Crippen molar-refractivity contribution in [2.45, 2.75) is 13.3 Å². The molecule has 0 saturated carbocycles. The first-order valence-electron chi connectivity index (χ1n) is 6.47. The number of anilines is 3. The van der Waals surface area contributed by atoms with Crippen molar-refractivity contribution in [2.75, 3.05) is 11.1 Å². The maximum absolute atomic E-state index is 5.73. The fraction of sp³-hybridized carbons (Fsp3) is 0.154. The van der Waals surface area contributed by atoms with Gasteiger partial charge in [-0.1, -0.05) is 25.1 Å². The van der Waals surface area contributed by atoms with Crippen LogP contribution in [-0.4, -0.2) is 29.7 Å². The molecule has 1 aromatic carbocycles. The number of hydrogen-bond acceptors (Lipinski definition) is 7. The number of benzene rings is 1. The number of rotatable bonds is 4. The van der Waals surface area contributed by atoms with Gasteiger partial charge in [-0.3, -0.25) is 0 Å². The molecule has 0 aliphatic heterocycles. The van der Waals surface area contributed by atoms with E-state index in [1.807, 2.05) is 24.3 Å². The van der Waals surface area contributed by atoms with Gasteiger partial charge in [0.15, 0.2) is 0 Å². The summed E-state index contributed by atoms with van der Waals surface area (Å²) in [5, 5.41) is 7.14. The summed E-state index contributed by atoms with van der Waals surface area (Å²) >= 11 is 0. The van der Waals surface area contributed by atoms with Crippen molar-refractivity contribution in [3.63, 3.8) is 0 Å². The van der Waals surface area contributed by atoms with Gasteiger partial charge >= 0.3 is 0 Å². The SMILES string of the molecule is CCc1ccccc1Nc1nc(N)nc(-n2cncn2)n1. The Kier molecular flexibility index (Phi) is 3.42. The van der Waals surface area contributed by atoms with Crippen LogP contribution in [0.3, 0.4) is 0 Å². The van der Waals surface area contributed by atoms with Crippen LogP contribution in [0.4, 0.5) is 17.6 Å². The number of nitrogen functional groups attached to an aromatic ring is 1. The Morgan fingerprint density at radius 3 is 2.81 bits per heavy atom. The zero-order valence-corrected chi connectivity index (χ0v) is 11.4. The molecule has 0 spiro atoms. The summed E-state index contributed by atoms with van der Waals surface area (Å²) in [7, 11) is 0. The average molecular weight is 282 g/mol.